The first-order valence-electron chi connectivity index (χ1n) is 5.64. The van der Waals surface area contributed by atoms with Gasteiger partial charge in [-0.15, -0.1) is 0 Å². The second kappa shape index (κ2) is 4.47. The summed E-state index contributed by atoms with van der Waals surface area (Å²) in [6.07, 6.45) is 12.2. The van der Waals surface area contributed by atoms with Crippen LogP contribution in [0.2, 0.25) is 0 Å². The van der Waals surface area contributed by atoms with Gasteiger partial charge in [-0.1, -0.05) is 12.2 Å². The van der Waals surface area contributed by atoms with Gasteiger partial charge in [-0.05, 0) is 31.7 Å². The lowest BCUT2D eigenvalue weighted by atomic mass is 10.1. The average Bonchev–Trinajstić information content (AvgIpc) is 2.57. The van der Waals surface area contributed by atoms with E-state index in [2.05, 4.69) is 16.8 Å². The number of ketones is 1. The van der Waals surface area contributed by atoms with Crippen LogP contribution in [0.5, 0.6) is 0 Å². The van der Waals surface area contributed by atoms with Crippen molar-refractivity contribution in [3.63, 3.8) is 0 Å². The van der Waals surface area contributed by atoms with Gasteiger partial charge in [-0.25, -0.2) is 0 Å². The Balaban J connectivity index is 2.25. The van der Waals surface area contributed by atoms with Crippen molar-refractivity contribution in [3.05, 3.63) is 35.7 Å². The van der Waals surface area contributed by atoms with Crippen LogP contribution in [0.15, 0.2) is 24.5 Å². The van der Waals surface area contributed by atoms with Gasteiger partial charge in [0.1, 0.15) is 0 Å². The van der Waals surface area contributed by atoms with E-state index in [-0.39, 0.29) is 0 Å². The van der Waals surface area contributed by atoms with Crippen LogP contribution < -0.4 is 0 Å². The summed E-state index contributed by atoms with van der Waals surface area (Å²) in [4.78, 5) is 11.8. The molecule has 0 fully saturated rings. The monoisotopic (exact) mass is 203 g/mol. The number of Topliss-reactive ketones (excluding diaryl/α,β-unsaturated/α-hetero) is 1. The Morgan fingerprint density at radius 1 is 1.33 bits per heavy atom. The highest BCUT2D eigenvalue weighted by atomic mass is 16.1. The van der Waals surface area contributed by atoms with Crippen molar-refractivity contribution < 1.29 is 4.79 Å². The van der Waals surface area contributed by atoms with Crippen LogP contribution in [0.3, 0.4) is 0 Å². The first-order valence-corrected chi connectivity index (χ1v) is 5.64. The van der Waals surface area contributed by atoms with Gasteiger partial charge in [0.15, 0.2) is 5.78 Å². The van der Waals surface area contributed by atoms with Crippen LogP contribution in [0.1, 0.15) is 42.1 Å². The standard InChI is InChI=1S/C13H17NO/c1-2-3-8-14-9-11-6-4-5-7-13(15)12(11)10-14/h2-3,9-10H,4-8H2,1H3/b3-2+. The molecular weight excluding hydrogens is 186 g/mol. The minimum atomic E-state index is 0.321. The maximum atomic E-state index is 11.8. The van der Waals surface area contributed by atoms with Crippen molar-refractivity contribution >= 4 is 5.78 Å². The van der Waals surface area contributed by atoms with Crippen molar-refractivity contribution in [2.75, 3.05) is 0 Å². The highest BCUT2D eigenvalue weighted by Gasteiger charge is 2.16. The molecule has 0 aromatic carbocycles. The van der Waals surface area contributed by atoms with E-state index < -0.39 is 0 Å². The fourth-order valence-electron chi connectivity index (χ4n) is 2.07. The predicted octanol–water partition coefficient (Wildman–Crippen LogP) is 2.97. The second-order valence-electron chi connectivity index (χ2n) is 4.09. The van der Waals surface area contributed by atoms with Crippen molar-refractivity contribution in [2.45, 2.75) is 39.2 Å². The van der Waals surface area contributed by atoms with Gasteiger partial charge in [-0.3, -0.25) is 4.79 Å². The summed E-state index contributed by atoms with van der Waals surface area (Å²) in [6.45, 7) is 2.89. The lowest BCUT2D eigenvalue weighted by Crippen LogP contribution is -1.97. The molecule has 2 heteroatoms. The van der Waals surface area contributed by atoms with E-state index in [1.807, 2.05) is 19.2 Å². The summed E-state index contributed by atoms with van der Waals surface area (Å²) in [5.41, 5.74) is 2.19. The van der Waals surface area contributed by atoms with Crippen LogP contribution in [-0.2, 0) is 13.0 Å². The Morgan fingerprint density at radius 3 is 2.93 bits per heavy atom. The summed E-state index contributed by atoms with van der Waals surface area (Å²) >= 11 is 0. The molecular formula is C13H17NO. The van der Waals surface area contributed by atoms with E-state index in [9.17, 15) is 4.79 Å². The molecule has 1 heterocycles. The number of hydrogen-bond acceptors (Lipinski definition) is 1. The number of rotatable bonds is 2. The molecule has 0 radical (unpaired) electrons. The molecule has 0 amide bonds. The minimum absolute atomic E-state index is 0.321. The lowest BCUT2D eigenvalue weighted by molar-refractivity contribution is 0.0982. The second-order valence-corrected chi connectivity index (χ2v) is 4.09. The van der Waals surface area contributed by atoms with Gasteiger partial charge < -0.3 is 4.57 Å². The first-order chi connectivity index (χ1) is 7.31. The molecule has 2 rings (SSSR count). The molecule has 0 N–H and O–H groups in total. The molecule has 0 saturated heterocycles. The number of aryl methyl sites for hydroxylation is 1. The summed E-state index contributed by atoms with van der Waals surface area (Å²) in [6, 6.07) is 0. The van der Waals surface area contributed by atoms with E-state index in [0.717, 1.165) is 37.8 Å². The third kappa shape index (κ3) is 2.20. The zero-order valence-electron chi connectivity index (χ0n) is 9.20. The molecule has 0 atom stereocenters. The molecule has 0 bridgehead atoms. The van der Waals surface area contributed by atoms with Crippen molar-refractivity contribution in [3.8, 4) is 0 Å². The summed E-state index contributed by atoms with van der Waals surface area (Å²) < 4.78 is 2.11. The van der Waals surface area contributed by atoms with Crippen molar-refractivity contribution in [1.82, 2.24) is 4.57 Å². The van der Waals surface area contributed by atoms with Crippen LogP contribution >= 0.6 is 0 Å². The van der Waals surface area contributed by atoms with Crippen LogP contribution in [-0.4, -0.2) is 10.4 Å². The predicted molar refractivity (Wildman–Crippen MR) is 61.1 cm³/mol. The summed E-state index contributed by atoms with van der Waals surface area (Å²) in [5, 5.41) is 0. The van der Waals surface area contributed by atoms with E-state index in [1.54, 1.807) is 0 Å². The number of carbonyl (C=O) groups is 1. The highest BCUT2D eigenvalue weighted by molar-refractivity contribution is 5.97. The van der Waals surface area contributed by atoms with Gasteiger partial charge in [0, 0.05) is 30.9 Å². The van der Waals surface area contributed by atoms with Gasteiger partial charge in [0.25, 0.3) is 0 Å². The Kier molecular flexibility index (Phi) is 3.05. The summed E-state index contributed by atoms with van der Waals surface area (Å²) in [5.74, 6) is 0.321. The molecule has 0 saturated carbocycles. The van der Waals surface area contributed by atoms with E-state index in [4.69, 9.17) is 0 Å². The molecule has 0 unspecified atom stereocenters. The number of hydrogen-bond donors (Lipinski definition) is 0. The minimum Gasteiger partial charge on any atom is -0.349 e. The quantitative estimate of drug-likeness (QED) is 0.535. The van der Waals surface area contributed by atoms with Crippen LogP contribution in [0.25, 0.3) is 0 Å². The first kappa shape index (κ1) is 10.2. The molecule has 80 valence electrons. The maximum Gasteiger partial charge on any atom is 0.164 e. The van der Waals surface area contributed by atoms with Crippen LogP contribution in [0, 0.1) is 0 Å². The zero-order chi connectivity index (χ0) is 10.7. The Labute approximate surface area is 90.6 Å². The van der Waals surface area contributed by atoms with E-state index >= 15 is 0 Å². The Morgan fingerprint density at radius 2 is 2.13 bits per heavy atom. The van der Waals surface area contributed by atoms with Crippen molar-refractivity contribution in [1.29, 1.82) is 0 Å². The molecule has 1 aliphatic rings. The van der Waals surface area contributed by atoms with Crippen LogP contribution in [0.4, 0.5) is 0 Å². The number of carbonyl (C=O) groups excluding carboxylic acids is 1. The molecule has 15 heavy (non-hydrogen) atoms. The highest BCUT2D eigenvalue weighted by Crippen LogP contribution is 2.21. The fraction of sp³-hybridized carbons (Fsp3) is 0.462. The average molecular weight is 203 g/mol. The SMILES string of the molecule is C/C=C/Cn1cc2c(c1)C(=O)CCCC2. The number of nitrogens with zero attached hydrogens (tertiary/aromatic N) is 1. The lowest BCUT2D eigenvalue weighted by Gasteiger charge is -1.96. The Hall–Kier alpha value is -1.31. The van der Waals surface area contributed by atoms with E-state index in [0.29, 0.717) is 5.78 Å². The largest absolute Gasteiger partial charge is 0.349 e. The number of fused-ring (bicyclic) bond motifs is 1. The Bertz CT molecular complexity index is 387. The number of allylic oxidation sites excluding steroid dienone is 2. The zero-order valence-corrected chi connectivity index (χ0v) is 9.20. The smallest absolute Gasteiger partial charge is 0.164 e. The number of aromatic nitrogens is 1. The van der Waals surface area contributed by atoms with Gasteiger partial charge in [0.2, 0.25) is 0 Å². The third-order valence-electron chi connectivity index (χ3n) is 2.91. The molecule has 0 spiro atoms. The maximum absolute atomic E-state index is 11.8. The van der Waals surface area contributed by atoms with Gasteiger partial charge >= 0.3 is 0 Å². The molecule has 1 aliphatic carbocycles. The summed E-state index contributed by atoms with van der Waals surface area (Å²) in [7, 11) is 0. The molecule has 0 aliphatic heterocycles. The fourth-order valence-corrected chi connectivity index (χ4v) is 2.07. The van der Waals surface area contributed by atoms with Gasteiger partial charge in [-0.2, -0.15) is 0 Å². The topological polar surface area (TPSA) is 22.0 Å². The van der Waals surface area contributed by atoms with E-state index in [1.165, 1.54) is 5.56 Å². The normalized spacial score (nSPS) is 16.7. The molecule has 1 aromatic heterocycles. The molecule has 2 nitrogen and oxygen atoms in total. The third-order valence-corrected chi connectivity index (χ3v) is 2.91. The van der Waals surface area contributed by atoms with Gasteiger partial charge in [0.05, 0.1) is 0 Å². The molecule has 1 aromatic rings. The van der Waals surface area contributed by atoms with Crippen molar-refractivity contribution in [2.24, 2.45) is 0 Å².